The lowest BCUT2D eigenvalue weighted by Crippen LogP contribution is -2.30. The summed E-state index contributed by atoms with van der Waals surface area (Å²) in [5.41, 5.74) is 5.47. The van der Waals surface area contributed by atoms with Crippen molar-refractivity contribution in [2.75, 3.05) is 6.61 Å². The average molecular weight is 552 g/mol. The molecule has 0 aliphatic carbocycles. The molecule has 1 heterocycles. The fourth-order valence-corrected chi connectivity index (χ4v) is 4.56. The van der Waals surface area contributed by atoms with Gasteiger partial charge in [-0.15, -0.1) is 4.74 Å². The molecule has 1 atom stereocenters. The van der Waals surface area contributed by atoms with Crippen LogP contribution in [0.15, 0.2) is 111 Å². The average Bonchev–Trinajstić information content (AvgIpc) is 3.31. The molecule has 0 fully saturated rings. The summed E-state index contributed by atoms with van der Waals surface area (Å²) < 4.78 is 11.7. The number of nitrogens with zero attached hydrogens (tertiary/aromatic N) is 1. The molecule has 0 radical (unpaired) electrons. The van der Waals surface area contributed by atoms with Gasteiger partial charge in [-0.2, -0.15) is 0 Å². The number of hydrogen-bond donors (Lipinski definition) is 3. The fraction of sp³-hybridized carbons (Fsp3) is 0.156. The van der Waals surface area contributed by atoms with E-state index in [1.807, 2.05) is 73.7 Å². The van der Waals surface area contributed by atoms with Gasteiger partial charge in [0, 0.05) is 5.56 Å². The summed E-state index contributed by atoms with van der Waals surface area (Å²) in [4.78, 5) is 37.8. The highest BCUT2D eigenvalue weighted by Crippen LogP contribution is 2.26. The number of nitrogens with one attached hydrogen (secondary N) is 2. The van der Waals surface area contributed by atoms with Gasteiger partial charge in [0.25, 0.3) is 5.91 Å². The second-order valence-electron chi connectivity index (χ2n) is 9.63. The summed E-state index contributed by atoms with van der Waals surface area (Å²) in [6.45, 7) is 2.25. The third kappa shape index (κ3) is 6.71. The Labute approximate surface area is 235 Å². The lowest BCUT2D eigenvalue weighted by molar-refractivity contribution is 0.0916. The smallest absolute Gasteiger partial charge is 0.440 e. The van der Waals surface area contributed by atoms with E-state index in [-0.39, 0.29) is 19.1 Å². The molecular weight excluding hydrogens is 522 g/mol. The van der Waals surface area contributed by atoms with Gasteiger partial charge in [0.15, 0.2) is 0 Å². The molecule has 0 unspecified atom stereocenters. The molecule has 208 valence electrons. The second-order valence-corrected chi connectivity index (χ2v) is 9.63. The molecule has 0 aliphatic heterocycles. The molecule has 0 bridgehead atoms. The van der Waals surface area contributed by atoms with Crippen LogP contribution in [0.4, 0.5) is 0 Å². The summed E-state index contributed by atoms with van der Waals surface area (Å²) in [6.07, 6.45) is 0. The predicted molar refractivity (Wildman–Crippen MR) is 154 cm³/mol. The molecule has 9 nitrogen and oxygen atoms in total. The summed E-state index contributed by atoms with van der Waals surface area (Å²) in [5.74, 6) is -0.380. The number of aliphatic hydroxyl groups excluding tert-OH is 1. The van der Waals surface area contributed by atoms with Crippen LogP contribution in [-0.2, 0) is 13.2 Å². The Balaban J connectivity index is 1.22. The van der Waals surface area contributed by atoms with Gasteiger partial charge in [0.2, 0.25) is 0 Å². The van der Waals surface area contributed by atoms with Crippen molar-refractivity contribution in [1.82, 2.24) is 15.0 Å². The van der Waals surface area contributed by atoms with E-state index in [1.54, 1.807) is 30.3 Å². The second kappa shape index (κ2) is 12.4. The van der Waals surface area contributed by atoms with E-state index in [4.69, 9.17) is 9.26 Å². The number of benzene rings is 4. The van der Waals surface area contributed by atoms with E-state index in [2.05, 4.69) is 10.3 Å². The van der Waals surface area contributed by atoms with Crippen LogP contribution in [0.5, 0.6) is 5.75 Å². The van der Waals surface area contributed by atoms with Crippen molar-refractivity contribution in [3.8, 4) is 16.9 Å². The number of carbonyl (C=O) groups excluding carboxylic acids is 1. The van der Waals surface area contributed by atoms with E-state index in [1.165, 1.54) is 0 Å². The van der Waals surface area contributed by atoms with Gasteiger partial charge in [0.1, 0.15) is 12.4 Å². The van der Waals surface area contributed by atoms with Crippen molar-refractivity contribution in [3.63, 3.8) is 0 Å². The Morgan fingerprint density at radius 3 is 2.41 bits per heavy atom. The predicted octanol–water partition coefficient (Wildman–Crippen LogP) is 4.20. The minimum absolute atomic E-state index is 0.134. The first-order valence-corrected chi connectivity index (χ1v) is 13.1. The van der Waals surface area contributed by atoms with Crippen molar-refractivity contribution >= 4 is 5.91 Å². The molecule has 0 spiro atoms. The molecule has 4 aromatic carbocycles. The number of aliphatic hydroxyl groups is 1. The first-order valence-electron chi connectivity index (χ1n) is 13.1. The van der Waals surface area contributed by atoms with Gasteiger partial charge in [0.05, 0.1) is 19.2 Å². The summed E-state index contributed by atoms with van der Waals surface area (Å²) >= 11 is 0. The number of aromatic nitrogens is 2. The Morgan fingerprint density at radius 2 is 1.73 bits per heavy atom. The number of ether oxygens (including phenoxy) is 1. The molecular formula is C32H29N3O6. The number of hydrogen-bond acceptors (Lipinski definition) is 6. The Morgan fingerprint density at radius 1 is 0.951 bits per heavy atom. The van der Waals surface area contributed by atoms with Crippen LogP contribution in [0.1, 0.15) is 38.7 Å². The highest BCUT2D eigenvalue weighted by atomic mass is 16.5. The van der Waals surface area contributed by atoms with E-state index in [0.29, 0.717) is 17.9 Å². The Bertz CT molecular complexity index is 1750. The zero-order valence-corrected chi connectivity index (χ0v) is 22.4. The molecule has 0 saturated heterocycles. The topological polar surface area (TPSA) is 127 Å². The lowest BCUT2D eigenvalue weighted by atomic mass is 9.96. The Hall–Kier alpha value is -5.15. The number of amides is 1. The standard InChI is InChI=1S/C32H29N3O6/c1-21-16-26(30(37)33-29(19-36)24-7-3-2-4-8-24)12-15-28(21)25-9-5-6-23(17-25)20-40-27-13-10-22(11-14-27)18-35-31(38)34-32(39)41-35/h2-17,29,36H,18-20H2,1H3,(H,33,37)(H,34,38,39)/t29-/m1/s1. The first kappa shape index (κ1) is 27.4. The van der Waals surface area contributed by atoms with Gasteiger partial charge >= 0.3 is 11.4 Å². The maximum absolute atomic E-state index is 12.9. The molecule has 1 aromatic heterocycles. The summed E-state index contributed by atoms with van der Waals surface area (Å²) in [7, 11) is 0. The molecule has 41 heavy (non-hydrogen) atoms. The van der Waals surface area contributed by atoms with Crippen LogP contribution < -0.4 is 21.5 Å². The van der Waals surface area contributed by atoms with E-state index >= 15 is 0 Å². The SMILES string of the molecule is Cc1cc(C(=O)N[C@H](CO)c2ccccc2)ccc1-c1cccc(COc2ccc(Cn3oc(=O)[nH]c3=O)cc2)c1. The highest BCUT2D eigenvalue weighted by molar-refractivity contribution is 5.95. The third-order valence-electron chi connectivity index (χ3n) is 6.70. The zero-order chi connectivity index (χ0) is 28.8. The molecule has 0 saturated carbocycles. The zero-order valence-electron chi connectivity index (χ0n) is 22.4. The largest absolute Gasteiger partial charge is 0.489 e. The monoisotopic (exact) mass is 551 g/mol. The Kier molecular flexibility index (Phi) is 8.26. The summed E-state index contributed by atoms with van der Waals surface area (Å²) in [5, 5.41) is 12.7. The number of rotatable bonds is 10. The maximum Gasteiger partial charge on any atom is 0.440 e. The van der Waals surface area contributed by atoms with Crippen LogP contribution in [-0.4, -0.2) is 27.3 Å². The maximum atomic E-state index is 12.9. The van der Waals surface area contributed by atoms with Gasteiger partial charge in [-0.1, -0.05) is 66.7 Å². The number of H-pyrrole nitrogens is 1. The number of carbonyl (C=O) groups is 1. The van der Waals surface area contributed by atoms with Crippen molar-refractivity contribution < 1.29 is 19.2 Å². The molecule has 5 aromatic rings. The van der Waals surface area contributed by atoms with E-state index in [0.717, 1.165) is 38.1 Å². The molecule has 0 aliphatic rings. The molecule has 9 heteroatoms. The van der Waals surface area contributed by atoms with Crippen molar-refractivity contribution in [3.05, 3.63) is 146 Å². The third-order valence-corrected chi connectivity index (χ3v) is 6.70. The van der Waals surface area contributed by atoms with Crippen molar-refractivity contribution in [1.29, 1.82) is 0 Å². The van der Waals surface area contributed by atoms with Gasteiger partial charge in [-0.05, 0) is 70.6 Å². The fourth-order valence-electron chi connectivity index (χ4n) is 4.56. The molecule has 3 N–H and O–H groups in total. The van der Waals surface area contributed by atoms with E-state index < -0.39 is 17.5 Å². The van der Waals surface area contributed by atoms with Crippen LogP contribution >= 0.6 is 0 Å². The minimum Gasteiger partial charge on any atom is -0.489 e. The van der Waals surface area contributed by atoms with Crippen LogP contribution in [0, 0.1) is 6.92 Å². The van der Waals surface area contributed by atoms with Gasteiger partial charge in [-0.25, -0.2) is 14.6 Å². The normalized spacial score (nSPS) is 11.7. The quantitative estimate of drug-likeness (QED) is 0.239. The van der Waals surface area contributed by atoms with Crippen LogP contribution in [0.2, 0.25) is 0 Å². The highest BCUT2D eigenvalue weighted by Gasteiger charge is 2.16. The van der Waals surface area contributed by atoms with Gasteiger partial charge < -0.3 is 19.7 Å². The van der Waals surface area contributed by atoms with Crippen LogP contribution in [0.3, 0.4) is 0 Å². The van der Waals surface area contributed by atoms with Gasteiger partial charge in [-0.3, -0.25) is 4.79 Å². The van der Waals surface area contributed by atoms with Crippen LogP contribution in [0.25, 0.3) is 11.1 Å². The molecule has 1 amide bonds. The number of aromatic amines is 1. The van der Waals surface area contributed by atoms with Crippen molar-refractivity contribution in [2.45, 2.75) is 26.1 Å². The molecule has 5 rings (SSSR count). The van der Waals surface area contributed by atoms with Crippen molar-refractivity contribution in [2.24, 2.45) is 0 Å². The van der Waals surface area contributed by atoms with E-state index in [9.17, 15) is 19.5 Å². The minimum atomic E-state index is -0.788. The lowest BCUT2D eigenvalue weighted by Gasteiger charge is -2.17. The summed E-state index contributed by atoms with van der Waals surface area (Å²) in [6, 6.07) is 29.7. The first-order chi connectivity index (χ1) is 19.9. The number of aryl methyl sites for hydroxylation is 1.